The molecule has 1 aromatic carbocycles. The van der Waals surface area contributed by atoms with Crippen molar-refractivity contribution < 1.29 is 0 Å². The van der Waals surface area contributed by atoms with E-state index in [9.17, 15) is 0 Å². The molecule has 0 fully saturated rings. The van der Waals surface area contributed by atoms with Gasteiger partial charge in [-0.05, 0) is 23.6 Å². The van der Waals surface area contributed by atoms with Crippen molar-refractivity contribution in [3.05, 3.63) is 41.0 Å². The predicted molar refractivity (Wildman–Crippen MR) is 52.9 cm³/mol. The van der Waals surface area contributed by atoms with Crippen LogP contribution in [-0.4, -0.2) is 10.2 Å². The normalized spacial score (nSPS) is 20.6. The van der Waals surface area contributed by atoms with Gasteiger partial charge in [-0.2, -0.15) is 0 Å². The van der Waals surface area contributed by atoms with Gasteiger partial charge < -0.3 is 0 Å². The van der Waals surface area contributed by atoms with Gasteiger partial charge in [-0.3, -0.25) is 0 Å². The minimum absolute atomic E-state index is 0.755. The van der Waals surface area contributed by atoms with E-state index in [4.69, 9.17) is 0 Å². The maximum absolute atomic E-state index is 2.32. The van der Waals surface area contributed by atoms with Gasteiger partial charge in [0.1, 0.15) is 0 Å². The minimum Gasteiger partial charge on any atom is -0.0801 e. The first-order valence-corrected chi connectivity index (χ1v) is 5.21. The SMILES string of the molecule is Cc1ccc2c(c1)C([SiH3])C=C2. The molecule has 0 heterocycles. The number of hydrogen-bond acceptors (Lipinski definition) is 0. The lowest BCUT2D eigenvalue weighted by molar-refractivity contribution is 1.23. The van der Waals surface area contributed by atoms with Crippen molar-refractivity contribution in [1.82, 2.24) is 0 Å². The summed E-state index contributed by atoms with van der Waals surface area (Å²) in [5.41, 5.74) is 5.10. The molecule has 0 spiro atoms. The Labute approximate surface area is 70.4 Å². The predicted octanol–water partition coefficient (Wildman–Crippen LogP) is 1.43. The zero-order valence-electron chi connectivity index (χ0n) is 6.96. The van der Waals surface area contributed by atoms with Crippen LogP contribution in [0.4, 0.5) is 0 Å². The van der Waals surface area contributed by atoms with Gasteiger partial charge in [0.25, 0.3) is 0 Å². The summed E-state index contributed by atoms with van der Waals surface area (Å²) in [7, 11) is 1.24. The Bertz CT molecular complexity index is 313. The topological polar surface area (TPSA) is 0 Å². The van der Waals surface area contributed by atoms with Gasteiger partial charge in [0.15, 0.2) is 0 Å². The molecule has 1 aliphatic rings. The fourth-order valence-corrected chi connectivity index (χ4v) is 2.28. The van der Waals surface area contributed by atoms with Crippen molar-refractivity contribution >= 4 is 16.3 Å². The Morgan fingerprint density at radius 1 is 1.36 bits per heavy atom. The van der Waals surface area contributed by atoms with Gasteiger partial charge in [0, 0.05) is 10.2 Å². The molecule has 0 amide bonds. The lowest BCUT2D eigenvalue weighted by Crippen LogP contribution is -1.91. The van der Waals surface area contributed by atoms with E-state index in [-0.39, 0.29) is 0 Å². The minimum atomic E-state index is 0.755. The molecule has 1 aromatic rings. The zero-order chi connectivity index (χ0) is 7.84. The van der Waals surface area contributed by atoms with Crippen molar-refractivity contribution in [3.8, 4) is 0 Å². The molecular weight excluding hydrogens is 148 g/mol. The molecule has 1 heteroatoms. The van der Waals surface area contributed by atoms with Crippen molar-refractivity contribution in [3.63, 3.8) is 0 Å². The van der Waals surface area contributed by atoms with Crippen LogP contribution < -0.4 is 0 Å². The summed E-state index contributed by atoms with van der Waals surface area (Å²) in [4.78, 5) is 0. The highest BCUT2D eigenvalue weighted by Gasteiger charge is 2.11. The third-order valence-electron chi connectivity index (χ3n) is 2.30. The number of hydrogen-bond donors (Lipinski definition) is 0. The Morgan fingerprint density at radius 2 is 2.18 bits per heavy atom. The van der Waals surface area contributed by atoms with Crippen LogP contribution in [0.2, 0.25) is 0 Å². The van der Waals surface area contributed by atoms with E-state index in [1.165, 1.54) is 26.9 Å². The Kier molecular flexibility index (Phi) is 1.46. The molecule has 0 radical (unpaired) electrons. The molecule has 0 nitrogen and oxygen atoms in total. The van der Waals surface area contributed by atoms with Crippen molar-refractivity contribution in [1.29, 1.82) is 0 Å². The second-order valence-corrected chi connectivity index (χ2v) is 4.52. The monoisotopic (exact) mass is 160 g/mol. The maximum Gasteiger partial charge on any atom is 0.0171 e. The fraction of sp³-hybridized carbons (Fsp3) is 0.200. The van der Waals surface area contributed by atoms with E-state index < -0.39 is 0 Å². The van der Waals surface area contributed by atoms with Crippen LogP contribution in [0.15, 0.2) is 24.3 Å². The first-order chi connectivity index (χ1) is 5.27. The van der Waals surface area contributed by atoms with Gasteiger partial charge in [0.05, 0.1) is 0 Å². The molecule has 1 aliphatic carbocycles. The van der Waals surface area contributed by atoms with Crippen LogP contribution >= 0.6 is 0 Å². The summed E-state index contributed by atoms with van der Waals surface area (Å²) in [6, 6.07) is 6.72. The largest absolute Gasteiger partial charge is 0.0801 e. The van der Waals surface area contributed by atoms with Crippen LogP contribution in [0, 0.1) is 6.92 Å². The smallest absolute Gasteiger partial charge is 0.0171 e. The van der Waals surface area contributed by atoms with Gasteiger partial charge >= 0.3 is 0 Å². The van der Waals surface area contributed by atoms with E-state index in [2.05, 4.69) is 37.3 Å². The number of allylic oxidation sites excluding steroid dienone is 1. The van der Waals surface area contributed by atoms with E-state index in [1.807, 2.05) is 0 Å². The number of benzene rings is 1. The molecule has 0 saturated heterocycles. The van der Waals surface area contributed by atoms with Crippen molar-refractivity contribution in [2.24, 2.45) is 0 Å². The van der Waals surface area contributed by atoms with Gasteiger partial charge in [-0.25, -0.2) is 0 Å². The fourth-order valence-electron chi connectivity index (χ4n) is 1.59. The Balaban J connectivity index is 2.58. The summed E-state index contributed by atoms with van der Waals surface area (Å²) in [6.07, 6.45) is 4.56. The molecule has 1 unspecified atom stereocenters. The highest BCUT2D eigenvalue weighted by atomic mass is 28.1. The number of rotatable bonds is 0. The van der Waals surface area contributed by atoms with Crippen LogP contribution in [0.1, 0.15) is 22.2 Å². The summed E-state index contributed by atoms with van der Waals surface area (Å²) < 4.78 is 0. The average molecular weight is 160 g/mol. The van der Waals surface area contributed by atoms with Gasteiger partial charge in [0.2, 0.25) is 0 Å². The van der Waals surface area contributed by atoms with Crippen molar-refractivity contribution in [2.45, 2.75) is 12.5 Å². The standard InChI is InChI=1S/C10H12Si/c1-7-2-3-8-4-5-10(11)9(8)6-7/h2-6,10H,1,11H3. The molecule has 2 rings (SSSR count). The van der Waals surface area contributed by atoms with Crippen LogP contribution in [0.25, 0.3) is 6.08 Å². The average Bonchev–Trinajstić information content (AvgIpc) is 2.33. The Hall–Kier alpha value is -0.823. The van der Waals surface area contributed by atoms with Crippen LogP contribution in [-0.2, 0) is 0 Å². The van der Waals surface area contributed by atoms with E-state index in [0.717, 1.165) is 5.54 Å². The maximum atomic E-state index is 2.32. The third-order valence-corrected chi connectivity index (χ3v) is 3.30. The van der Waals surface area contributed by atoms with Crippen LogP contribution in [0.3, 0.4) is 0 Å². The number of aryl methyl sites for hydroxylation is 1. The first-order valence-electron chi connectivity index (χ1n) is 4.06. The van der Waals surface area contributed by atoms with Gasteiger partial charge in [-0.15, -0.1) is 0 Å². The van der Waals surface area contributed by atoms with Gasteiger partial charge in [-0.1, -0.05) is 35.9 Å². The second-order valence-electron chi connectivity index (χ2n) is 3.28. The summed E-state index contributed by atoms with van der Waals surface area (Å²) in [5, 5.41) is 0. The summed E-state index contributed by atoms with van der Waals surface area (Å²) in [6.45, 7) is 2.16. The lowest BCUT2D eigenvalue weighted by Gasteiger charge is -2.04. The Morgan fingerprint density at radius 3 is 3.00 bits per heavy atom. The highest BCUT2D eigenvalue weighted by molar-refractivity contribution is 6.15. The quantitative estimate of drug-likeness (QED) is 0.504. The van der Waals surface area contributed by atoms with Crippen LogP contribution in [0.5, 0.6) is 0 Å². The van der Waals surface area contributed by atoms with E-state index >= 15 is 0 Å². The molecule has 56 valence electrons. The number of fused-ring (bicyclic) bond motifs is 1. The summed E-state index contributed by atoms with van der Waals surface area (Å²) >= 11 is 0. The lowest BCUT2D eigenvalue weighted by atomic mass is 10.1. The highest BCUT2D eigenvalue weighted by Crippen LogP contribution is 2.27. The second kappa shape index (κ2) is 2.34. The van der Waals surface area contributed by atoms with E-state index in [0.29, 0.717) is 0 Å². The summed E-state index contributed by atoms with van der Waals surface area (Å²) in [5.74, 6) is 0. The molecule has 0 saturated carbocycles. The molecule has 0 N–H and O–H groups in total. The molecule has 1 atom stereocenters. The van der Waals surface area contributed by atoms with Crippen molar-refractivity contribution in [2.75, 3.05) is 0 Å². The molecular formula is C10H12Si. The molecule has 0 aromatic heterocycles. The molecule has 0 aliphatic heterocycles. The zero-order valence-corrected chi connectivity index (χ0v) is 8.96. The third kappa shape index (κ3) is 1.05. The molecule has 11 heavy (non-hydrogen) atoms. The van der Waals surface area contributed by atoms with E-state index in [1.54, 1.807) is 0 Å². The first kappa shape index (κ1) is 6.86. The molecule has 0 bridgehead atoms.